The van der Waals surface area contributed by atoms with Gasteiger partial charge in [0.1, 0.15) is 0 Å². The van der Waals surface area contributed by atoms with Crippen molar-refractivity contribution in [2.45, 2.75) is 6.42 Å². The second-order valence-electron chi connectivity index (χ2n) is 7.50. The molecule has 3 aromatic carbocycles. The number of nitrogens with one attached hydrogen (secondary N) is 2. The number of halogens is 1. The van der Waals surface area contributed by atoms with Crippen LogP contribution < -0.4 is 22.1 Å². The summed E-state index contributed by atoms with van der Waals surface area (Å²) in [7, 11) is 0. The molecule has 3 aromatic rings. The van der Waals surface area contributed by atoms with E-state index in [-0.39, 0.29) is 22.4 Å². The summed E-state index contributed by atoms with van der Waals surface area (Å²) in [5.41, 5.74) is 12.5. The Morgan fingerprint density at radius 3 is 2.11 bits per heavy atom. The highest BCUT2D eigenvalue weighted by Gasteiger charge is 2.16. The van der Waals surface area contributed by atoms with E-state index in [0.29, 0.717) is 23.7 Å². The van der Waals surface area contributed by atoms with Crippen molar-refractivity contribution in [2.75, 3.05) is 23.8 Å². The maximum atomic E-state index is 12.6. The normalized spacial score (nSPS) is 10.3. The predicted octanol–water partition coefficient (Wildman–Crippen LogP) is 2.99. The minimum Gasteiger partial charge on any atom is -0.452 e. The summed E-state index contributed by atoms with van der Waals surface area (Å²) in [5, 5.41) is 6.31. The molecular weight excluding hydrogens is 472 g/mol. The van der Waals surface area contributed by atoms with Crippen LogP contribution in [0, 0.1) is 0 Å². The quantitative estimate of drug-likeness (QED) is 0.318. The van der Waals surface area contributed by atoms with Crippen LogP contribution in [-0.2, 0) is 16.0 Å². The number of amides is 3. The van der Waals surface area contributed by atoms with Gasteiger partial charge in [0.25, 0.3) is 5.91 Å². The number of rotatable bonds is 10. The summed E-state index contributed by atoms with van der Waals surface area (Å²) < 4.78 is 5.15. The molecular formula is C25H23ClN4O5. The molecule has 0 aliphatic carbocycles. The van der Waals surface area contributed by atoms with Gasteiger partial charge in [-0.3, -0.25) is 14.4 Å². The number of para-hydroxylation sites is 1. The number of primary amides is 2. The molecule has 0 saturated heterocycles. The van der Waals surface area contributed by atoms with E-state index in [4.69, 9.17) is 27.8 Å². The minimum atomic E-state index is -0.796. The van der Waals surface area contributed by atoms with E-state index in [2.05, 4.69) is 10.6 Å². The molecule has 35 heavy (non-hydrogen) atoms. The number of carbonyl (C=O) groups is 4. The summed E-state index contributed by atoms with van der Waals surface area (Å²) in [6.45, 7) is -0.0323. The first-order valence-electron chi connectivity index (χ1n) is 10.5. The van der Waals surface area contributed by atoms with Gasteiger partial charge in [0.15, 0.2) is 6.61 Å². The largest absolute Gasteiger partial charge is 0.452 e. The zero-order valence-corrected chi connectivity index (χ0v) is 19.3. The van der Waals surface area contributed by atoms with E-state index in [1.54, 1.807) is 24.3 Å². The lowest BCUT2D eigenvalue weighted by molar-refractivity contribution is -0.119. The first kappa shape index (κ1) is 25.3. The fourth-order valence-electron chi connectivity index (χ4n) is 3.20. The number of anilines is 2. The van der Waals surface area contributed by atoms with E-state index in [0.717, 1.165) is 5.56 Å². The highest BCUT2D eigenvalue weighted by Crippen LogP contribution is 2.18. The molecule has 0 atom stereocenters. The van der Waals surface area contributed by atoms with Crippen molar-refractivity contribution in [3.05, 3.63) is 94.0 Å². The third-order valence-electron chi connectivity index (χ3n) is 4.91. The standard InChI is InChI=1S/C25H23ClN4O5/c26-18-7-5-15(6-8-18)9-10-29-21-4-2-1-3-20(21)25(34)35-14-22(31)30-19-12-16(23(27)32)11-17(13-19)24(28)33/h1-8,11-13,29H,9-10,14H2,(H2,27,32)(H2,28,33)(H,30,31). The number of hydrogen-bond acceptors (Lipinski definition) is 6. The summed E-state index contributed by atoms with van der Waals surface area (Å²) >= 11 is 5.90. The molecule has 0 aliphatic rings. The van der Waals surface area contributed by atoms with Crippen LogP contribution in [0.2, 0.25) is 5.02 Å². The maximum Gasteiger partial charge on any atom is 0.340 e. The van der Waals surface area contributed by atoms with Crippen molar-refractivity contribution in [1.82, 2.24) is 0 Å². The van der Waals surface area contributed by atoms with Gasteiger partial charge >= 0.3 is 5.97 Å². The van der Waals surface area contributed by atoms with E-state index in [1.165, 1.54) is 18.2 Å². The third-order valence-corrected chi connectivity index (χ3v) is 5.16. The maximum absolute atomic E-state index is 12.6. The predicted molar refractivity (Wildman–Crippen MR) is 132 cm³/mol. The third kappa shape index (κ3) is 7.31. The lowest BCUT2D eigenvalue weighted by atomic mass is 10.1. The average molecular weight is 495 g/mol. The average Bonchev–Trinajstić information content (AvgIpc) is 2.83. The number of benzene rings is 3. The monoisotopic (exact) mass is 494 g/mol. The van der Waals surface area contributed by atoms with Crippen molar-refractivity contribution >= 4 is 46.7 Å². The topological polar surface area (TPSA) is 154 Å². The Hall–Kier alpha value is -4.37. The van der Waals surface area contributed by atoms with Crippen LogP contribution in [0.25, 0.3) is 0 Å². The Morgan fingerprint density at radius 1 is 0.857 bits per heavy atom. The van der Waals surface area contributed by atoms with Crippen LogP contribution in [0.15, 0.2) is 66.7 Å². The van der Waals surface area contributed by atoms with Gasteiger partial charge in [-0.15, -0.1) is 0 Å². The molecule has 0 saturated carbocycles. The Morgan fingerprint density at radius 2 is 1.49 bits per heavy atom. The lowest BCUT2D eigenvalue weighted by Crippen LogP contribution is -2.22. The molecule has 0 heterocycles. The molecule has 0 unspecified atom stereocenters. The Balaban J connectivity index is 1.58. The molecule has 3 amide bonds. The molecule has 0 fully saturated rings. The molecule has 9 nitrogen and oxygen atoms in total. The van der Waals surface area contributed by atoms with Crippen molar-refractivity contribution < 1.29 is 23.9 Å². The zero-order valence-electron chi connectivity index (χ0n) is 18.5. The second kappa shape index (κ2) is 11.7. The van der Waals surface area contributed by atoms with Gasteiger partial charge in [0.05, 0.1) is 5.56 Å². The molecule has 0 aromatic heterocycles. The minimum absolute atomic E-state index is 0.00723. The molecule has 3 rings (SSSR count). The van der Waals surface area contributed by atoms with Gasteiger partial charge in [0.2, 0.25) is 11.8 Å². The van der Waals surface area contributed by atoms with Crippen molar-refractivity contribution in [3.63, 3.8) is 0 Å². The summed E-state index contributed by atoms with van der Waals surface area (Å²) in [4.78, 5) is 47.8. The van der Waals surface area contributed by atoms with Gasteiger partial charge in [0, 0.05) is 34.1 Å². The van der Waals surface area contributed by atoms with Gasteiger partial charge in [-0.25, -0.2) is 4.79 Å². The van der Waals surface area contributed by atoms with Crippen LogP contribution in [-0.4, -0.2) is 36.8 Å². The molecule has 0 bridgehead atoms. The number of hydrogen-bond donors (Lipinski definition) is 4. The van der Waals surface area contributed by atoms with Gasteiger partial charge in [-0.2, -0.15) is 0 Å². The zero-order chi connectivity index (χ0) is 25.4. The molecule has 0 aliphatic heterocycles. The first-order valence-corrected chi connectivity index (χ1v) is 10.9. The summed E-state index contributed by atoms with van der Waals surface area (Å²) in [5.74, 6) is -2.97. The lowest BCUT2D eigenvalue weighted by Gasteiger charge is -2.12. The van der Waals surface area contributed by atoms with Gasteiger partial charge in [-0.05, 0) is 54.4 Å². The van der Waals surface area contributed by atoms with Crippen LogP contribution in [0.5, 0.6) is 0 Å². The highest BCUT2D eigenvalue weighted by molar-refractivity contribution is 6.30. The van der Waals surface area contributed by atoms with Crippen LogP contribution in [0.1, 0.15) is 36.6 Å². The summed E-state index contributed by atoms with van der Waals surface area (Å²) in [6.07, 6.45) is 0.709. The summed E-state index contributed by atoms with van der Waals surface area (Å²) in [6, 6.07) is 18.0. The van der Waals surface area contributed by atoms with E-state index in [1.807, 2.05) is 24.3 Å². The molecule has 0 spiro atoms. The fraction of sp³-hybridized carbons (Fsp3) is 0.120. The smallest absolute Gasteiger partial charge is 0.340 e. The van der Waals surface area contributed by atoms with Crippen LogP contribution >= 0.6 is 11.6 Å². The second-order valence-corrected chi connectivity index (χ2v) is 7.94. The molecule has 180 valence electrons. The first-order chi connectivity index (χ1) is 16.7. The number of ether oxygens (including phenoxy) is 1. The van der Waals surface area contributed by atoms with E-state index < -0.39 is 30.3 Å². The number of carbonyl (C=O) groups excluding carboxylic acids is 4. The van der Waals surface area contributed by atoms with Crippen molar-refractivity contribution in [1.29, 1.82) is 0 Å². The molecule has 0 radical (unpaired) electrons. The molecule has 6 N–H and O–H groups in total. The van der Waals surface area contributed by atoms with E-state index in [9.17, 15) is 19.2 Å². The highest BCUT2D eigenvalue weighted by atomic mass is 35.5. The SMILES string of the molecule is NC(=O)c1cc(NC(=O)COC(=O)c2ccccc2NCCc2ccc(Cl)cc2)cc(C(N)=O)c1. The van der Waals surface area contributed by atoms with E-state index >= 15 is 0 Å². The number of nitrogens with two attached hydrogens (primary N) is 2. The van der Waals surface area contributed by atoms with Crippen LogP contribution in [0.3, 0.4) is 0 Å². The fourth-order valence-corrected chi connectivity index (χ4v) is 3.32. The Kier molecular flexibility index (Phi) is 8.42. The van der Waals surface area contributed by atoms with Gasteiger partial charge < -0.3 is 26.8 Å². The Labute approximate surface area is 206 Å². The Bertz CT molecular complexity index is 1230. The number of esters is 1. The molecule has 10 heteroatoms. The van der Waals surface area contributed by atoms with Crippen molar-refractivity contribution in [3.8, 4) is 0 Å². The van der Waals surface area contributed by atoms with Gasteiger partial charge in [-0.1, -0.05) is 35.9 Å². The van der Waals surface area contributed by atoms with Crippen molar-refractivity contribution in [2.24, 2.45) is 11.5 Å². The van der Waals surface area contributed by atoms with Crippen LogP contribution in [0.4, 0.5) is 11.4 Å².